The van der Waals surface area contributed by atoms with E-state index in [1.807, 2.05) is 44.0 Å². The molecule has 0 unspecified atom stereocenters. The van der Waals surface area contributed by atoms with Crippen LogP contribution < -0.4 is 5.32 Å². The molecule has 0 radical (unpaired) electrons. The molecule has 3 nitrogen and oxygen atoms in total. The normalized spacial score (nSPS) is 14.8. The summed E-state index contributed by atoms with van der Waals surface area (Å²) in [6.45, 7) is 8.46. The number of nitrogens with zero attached hydrogens (tertiary/aromatic N) is 1. The van der Waals surface area contributed by atoms with E-state index < -0.39 is 0 Å². The number of carbonyl (C=O) groups is 1. The Bertz CT molecular complexity index is 648. The van der Waals surface area contributed by atoms with Crippen molar-refractivity contribution in [3.63, 3.8) is 0 Å². The Morgan fingerprint density at radius 2 is 1.96 bits per heavy atom. The summed E-state index contributed by atoms with van der Waals surface area (Å²) in [6, 6.07) is 4.05. The van der Waals surface area contributed by atoms with Gasteiger partial charge in [0, 0.05) is 31.3 Å². The molecule has 0 amide bonds. The van der Waals surface area contributed by atoms with Crippen LogP contribution in [-0.4, -0.2) is 29.4 Å². The highest BCUT2D eigenvalue weighted by molar-refractivity contribution is 7.80. The molecule has 1 aromatic carbocycles. The SMILES string of the molecule is C=CCN(C)C(=S)Nc1cc(C)c(C(=O)CC2CCCCC2)cc1C. The first kappa shape index (κ1) is 19.6. The Balaban J connectivity index is 2.09. The van der Waals surface area contributed by atoms with Gasteiger partial charge in [0.25, 0.3) is 0 Å². The molecule has 25 heavy (non-hydrogen) atoms. The molecule has 0 spiro atoms. The molecule has 1 N–H and O–H groups in total. The van der Waals surface area contributed by atoms with Crippen LogP contribution >= 0.6 is 12.2 Å². The summed E-state index contributed by atoms with van der Waals surface area (Å²) in [7, 11) is 1.93. The average molecular weight is 359 g/mol. The van der Waals surface area contributed by atoms with Crippen LogP contribution in [0.5, 0.6) is 0 Å². The molecule has 0 aromatic heterocycles. The second kappa shape index (κ2) is 9.14. The third-order valence-corrected chi connectivity index (χ3v) is 5.48. The number of ketones is 1. The summed E-state index contributed by atoms with van der Waals surface area (Å²) >= 11 is 5.42. The topological polar surface area (TPSA) is 32.3 Å². The van der Waals surface area contributed by atoms with Gasteiger partial charge in [0.2, 0.25) is 0 Å². The van der Waals surface area contributed by atoms with E-state index in [9.17, 15) is 4.79 Å². The Hall–Kier alpha value is -1.68. The summed E-state index contributed by atoms with van der Waals surface area (Å²) in [5.74, 6) is 0.851. The fourth-order valence-electron chi connectivity index (χ4n) is 3.50. The number of carbonyl (C=O) groups excluding carboxylic acids is 1. The average Bonchev–Trinajstić information content (AvgIpc) is 2.58. The van der Waals surface area contributed by atoms with Crippen molar-refractivity contribution in [1.82, 2.24) is 4.90 Å². The van der Waals surface area contributed by atoms with Crippen molar-refractivity contribution in [1.29, 1.82) is 0 Å². The maximum atomic E-state index is 12.7. The van der Waals surface area contributed by atoms with Gasteiger partial charge in [0.15, 0.2) is 10.9 Å². The summed E-state index contributed by atoms with van der Waals surface area (Å²) in [5, 5.41) is 3.94. The van der Waals surface area contributed by atoms with Crippen LogP contribution in [0.4, 0.5) is 5.69 Å². The maximum absolute atomic E-state index is 12.7. The van der Waals surface area contributed by atoms with E-state index in [0.29, 0.717) is 24.0 Å². The monoisotopic (exact) mass is 358 g/mol. The first-order valence-corrected chi connectivity index (χ1v) is 9.60. The number of rotatable bonds is 6. The van der Waals surface area contributed by atoms with Gasteiger partial charge in [-0.3, -0.25) is 4.79 Å². The fourth-order valence-corrected chi connectivity index (χ4v) is 3.69. The van der Waals surface area contributed by atoms with Crippen molar-refractivity contribution in [3.8, 4) is 0 Å². The number of hydrogen-bond acceptors (Lipinski definition) is 2. The molecule has 1 aromatic rings. The second-order valence-corrected chi connectivity index (χ2v) is 7.60. The van der Waals surface area contributed by atoms with Crippen LogP contribution in [0.3, 0.4) is 0 Å². The lowest BCUT2D eigenvalue weighted by Crippen LogP contribution is -2.31. The summed E-state index contributed by atoms with van der Waals surface area (Å²) in [4.78, 5) is 14.7. The zero-order valence-electron chi connectivity index (χ0n) is 15.7. The number of likely N-dealkylation sites (N-methyl/N-ethyl adjacent to an activating group) is 1. The molecule has 0 atom stereocenters. The number of anilines is 1. The number of aryl methyl sites for hydroxylation is 2. The van der Waals surface area contributed by atoms with Gasteiger partial charge >= 0.3 is 0 Å². The van der Waals surface area contributed by atoms with E-state index in [2.05, 4.69) is 11.9 Å². The van der Waals surface area contributed by atoms with E-state index in [4.69, 9.17) is 12.2 Å². The third-order valence-electron chi connectivity index (χ3n) is 5.06. The molecule has 4 heteroatoms. The lowest BCUT2D eigenvalue weighted by atomic mass is 9.84. The van der Waals surface area contributed by atoms with Gasteiger partial charge in [0.05, 0.1) is 0 Å². The summed E-state index contributed by atoms with van der Waals surface area (Å²) in [6.07, 6.45) is 8.78. The standard InChI is InChI=1S/C21H30N2OS/c1-5-11-23(4)21(25)22-19-13-15(2)18(12-16(19)3)20(24)14-17-9-7-6-8-10-17/h5,12-13,17H,1,6-11,14H2,2-4H3,(H,22,25). The second-order valence-electron chi connectivity index (χ2n) is 7.21. The molecule has 1 fully saturated rings. The highest BCUT2D eigenvalue weighted by Gasteiger charge is 2.20. The number of Topliss-reactive ketones (excluding diaryl/α,β-unsaturated/α-hetero) is 1. The van der Waals surface area contributed by atoms with Crippen molar-refractivity contribution in [3.05, 3.63) is 41.5 Å². The summed E-state index contributed by atoms with van der Waals surface area (Å²) in [5.41, 5.74) is 3.89. The zero-order valence-corrected chi connectivity index (χ0v) is 16.5. The van der Waals surface area contributed by atoms with Gasteiger partial charge < -0.3 is 10.2 Å². The number of hydrogen-bond donors (Lipinski definition) is 1. The third kappa shape index (κ3) is 5.40. The number of thiocarbonyl (C=S) groups is 1. The number of benzene rings is 1. The maximum Gasteiger partial charge on any atom is 0.173 e. The molecule has 0 saturated heterocycles. The van der Waals surface area contributed by atoms with Crippen LogP contribution in [0, 0.1) is 19.8 Å². The van der Waals surface area contributed by atoms with E-state index in [1.54, 1.807) is 0 Å². The van der Waals surface area contributed by atoms with Crippen molar-refractivity contribution in [2.75, 3.05) is 18.9 Å². The lowest BCUT2D eigenvalue weighted by Gasteiger charge is -2.22. The van der Waals surface area contributed by atoms with Gasteiger partial charge in [-0.2, -0.15) is 0 Å². The molecule has 0 aliphatic heterocycles. The van der Waals surface area contributed by atoms with Crippen molar-refractivity contribution in [2.45, 2.75) is 52.4 Å². The van der Waals surface area contributed by atoms with Crippen molar-refractivity contribution in [2.24, 2.45) is 5.92 Å². The van der Waals surface area contributed by atoms with Gasteiger partial charge in [-0.25, -0.2) is 0 Å². The predicted octanol–water partition coefficient (Wildman–Crippen LogP) is 5.27. The van der Waals surface area contributed by atoms with Gasteiger partial charge in [-0.15, -0.1) is 6.58 Å². The minimum absolute atomic E-state index is 0.283. The Morgan fingerprint density at radius 3 is 2.60 bits per heavy atom. The van der Waals surface area contributed by atoms with Crippen molar-refractivity contribution < 1.29 is 4.79 Å². The highest BCUT2D eigenvalue weighted by atomic mass is 32.1. The van der Waals surface area contributed by atoms with Crippen molar-refractivity contribution >= 4 is 28.8 Å². The smallest absolute Gasteiger partial charge is 0.173 e. The summed E-state index contributed by atoms with van der Waals surface area (Å²) < 4.78 is 0. The van der Waals surface area contributed by atoms with Gasteiger partial charge in [-0.1, -0.05) is 38.2 Å². The Kier molecular flexibility index (Phi) is 7.18. The molecule has 0 heterocycles. The Labute approximate surface area is 157 Å². The zero-order chi connectivity index (χ0) is 18.4. The minimum atomic E-state index is 0.283. The molecule has 0 bridgehead atoms. The van der Waals surface area contributed by atoms with Crippen LogP contribution in [0.15, 0.2) is 24.8 Å². The van der Waals surface area contributed by atoms with E-state index in [1.165, 1.54) is 32.1 Å². The largest absolute Gasteiger partial charge is 0.348 e. The van der Waals surface area contributed by atoms with Crippen LogP contribution in [-0.2, 0) is 0 Å². The van der Waals surface area contributed by atoms with E-state index >= 15 is 0 Å². The molecule has 1 aliphatic carbocycles. The van der Waals surface area contributed by atoms with Gasteiger partial charge in [-0.05, 0) is 55.2 Å². The minimum Gasteiger partial charge on any atom is -0.348 e. The fraction of sp³-hybridized carbons (Fsp3) is 0.524. The van der Waals surface area contributed by atoms with E-state index in [-0.39, 0.29) is 5.78 Å². The van der Waals surface area contributed by atoms with Crippen LogP contribution in [0.25, 0.3) is 0 Å². The molecular weight excluding hydrogens is 328 g/mol. The molecule has 1 aliphatic rings. The lowest BCUT2D eigenvalue weighted by molar-refractivity contribution is 0.0949. The molecule has 1 saturated carbocycles. The van der Waals surface area contributed by atoms with Crippen LogP contribution in [0.2, 0.25) is 0 Å². The Morgan fingerprint density at radius 1 is 1.28 bits per heavy atom. The van der Waals surface area contributed by atoms with Gasteiger partial charge in [0.1, 0.15) is 0 Å². The first-order chi connectivity index (χ1) is 11.9. The quantitative estimate of drug-likeness (QED) is 0.426. The molecular formula is C21H30N2OS. The van der Waals surface area contributed by atoms with E-state index in [0.717, 1.165) is 22.4 Å². The molecule has 2 rings (SSSR count). The highest BCUT2D eigenvalue weighted by Crippen LogP contribution is 2.29. The number of nitrogens with one attached hydrogen (secondary N) is 1. The predicted molar refractivity (Wildman–Crippen MR) is 110 cm³/mol. The molecule has 136 valence electrons. The van der Waals surface area contributed by atoms with Crippen LogP contribution in [0.1, 0.15) is 60.0 Å². The first-order valence-electron chi connectivity index (χ1n) is 9.19.